The van der Waals surface area contributed by atoms with Crippen molar-refractivity contribution in [1.29, 1.82) is 0 Å². The van der Waals surface area contributed by atoms with E-state index in [4.69, 9.17) is 6.42 Å². The van der Waals surface area contributed by atoms with Crippen molar-refractivity contribution in [2.45, 2.75) is 37.8 Å². The molecule has 0 spiro atoms. The van der Waals surface area contributed by atoms with Crippen molar-refractivity contribution in [2.24, 2.45) is 10.2 Å². The van der Waals surface area contributed by atoms with E-state index in [1.165, 1.54) is 0 Å². The first-order chi connectivity index (χ1) is 11.2. The highest BCUT2D eigenvalue weighted by Gasteiger charge is 2.39. The smallest absolute Gasteiger partial charge is 0.220 e. The van der Waals surface area contributed by atoms with Crippen LogP contribution >= 0.6 is 0 Å². The average molecular weight is 309 g/mol. The highest BCUT2D eigenvalue weighted by Crippen LogP contribution is 2.37. The third-order valence-electron chi connectivity index (χ3n) is 3.92. The Morgan fingerprint density at radius 3 is 2.96 bits per heavy atom. The van der Waals surface area contributed by atoms with E-state index in [1.807, 2.05) is 35.0 Å². The second kappa shape index (κ2) is 6.61. The van der Waals surface area contributed by atoms with Gasteiger partial charge in [0.2, 0.25) is 5.91 Å². The Morgan fingerprint density at radius 2 is 2.22 bits per heavy atom. The topological polar surface area (TPSA) is 71.1 Å². The minimum atomic E-state index is -0.384. The van der Waals surface area contributed by atoms with Gasteiger partial charge in [0.15, 0.2) is 5.66 Å². The van der Waals surface area contributed by atoms with E-state index in [-0.39, 0.29) is 11.6 Å². The van der Waals surface area contributed by atoms with Gasteiger partial charge in [0.1, 0.15) is 5.65 Å². The zero-order valence-corrected chi connectivity index (χ0v) is 12.9. The number of fused-ring (bicyclic) bond motifs is 1. The zero-order chi connectivity index (χ0) is 16.1. The Morgan fingerprint density at radius 1 is 1.35 bits per heavy atom. The number of amides is 1. The summed E-state index contributed by atoms with van der Waals surface area (Å²) in [5.41, 5.74) is 1.50. The molecule has 2 aromatic rings. The Balaban J connectivity index is 1.39. The summed E-state index contributed by atoms with van der Waals surface area (Å²) in [6.45, 7) is 0.578. The number of rotatable bonds is 8. The molecule has 0 aliphatic carbocycles. The predicted octanol–water partition coefficient (Wildman–Crippen LogP) is 2.35. The predicted molar refractivity (Wildman–Crippen MR) is 86.8 cm³/mol. The fourth-order valence-electron chi connectivity index (χ4n) is 2.51. The molecule has 1 N–H and O–H groups in total. The van der Waals surface area contributed by atoms with E-state index >= 15 is 0 Å². The summed E-state index contributed by atoms with van der Waals surface area (Å²) >= 11 is 0. The van der Waals surface area contributed by atoms with E-state index in [0.29, 0.717) is 32.2 Å². The molecular weight excluding hydrogens is 290 g/mol. The van der Waals surface area contributed by atoms with E-state index < -0.39 is 0 Å². The lowest BCUT2D eigenvalue weighted by Crippen LogP contribution is -2.27. The first kappa shape index (κ1) is 15.2. The van der Waals surface area contributed by atoms with Crippen LogP contribution in [0.25, 0.3) is 5.65 Å². The van der Waals surface area contributed by atoms with Gasteiger partial charge < -0.3 is 9.72 Å². The molecule has 1 amide bonds. The van der Waals surface area contributed by atoms with Crippen LogP contribution < -0.4 is 5.32 Å². The quantitative estimate of drug-likeness (QED) is 0.760. The number of pyridine rings is 1. The van der Waals surface area contributed by atoms with Gasteiger partial charge in [-0.05, 0) is 12.1 Å². The van der Waals surface area contributed by atoms with Gasteiger partial charge in [0, 0.05) is 51.0 Å². The molecule has 118 valence electrons. The number of hydrogen-bond donors (Lipinski definition) is 1. The summed E-state index contributed by atoms with van der Waals surface area (Å²) in [4.78, 5) is 16.4. The molecule has 1 aliphatic rings. The summed E-state index contributed by atoms with van der Waals surface area (Å²) in [7, 11) is 0. The molecule has 6 nitrogen and oxygen atoms in total. The maximum absolute atomic E-state index is 11.9. The zero-order valence-electron chi connectivity index (χ0n) is 12.9. The highest BCUT2D eigenvalue weighted by molar-refractivity contribution is 5.76. The Kier molecular flexibility index (Phi) is 4.38. The lowest BCUT2D eigenvalue weighted by atomic mass is 10.0. The summed E-state index contributed by atoms with van der Waals surface area (Å²) < 4.78 is 1.97. The lowest BCUT2D eigenvalue weighted by molar-refractivity contribution is -0.121. The van der Waals surface area contributed by atoms with E-state index in [9.17, 15) is 4.79 Å². The van der Waals surface area contributed by atoms with Gasteiger partial charge in [-0.25, -0.2) is 4.98 Å². The molecule has 0 unspecified atom stereocenters. The third-order valence-corrected chi connectivity index (χ3v) is 3.92. The van der Waals surface area contributed by atoms with Gasteiger partial charge in [-0.15, -0.1) is 12.3 Å². The van der Waals surface area contributed by atoms with Gasteiger partial charge in [0.05, 0.1) is 5.69 Å². The summed E-state index contributed by atoms with van der Waals surface area (Å²) in [5.74, 6) is 2.60. The van der Waals surface area contributed by atoms with Crippen molar-refractivity contribution in [2.75, 3.05) is 6.54 Å². The molecule has 0 bridgehead atoms. The maximum atomic E-state index is 11.9. The minimum Gasteiger partial charge on any atom is -0.356 e. The van der Waals surface area contributed by atoms with Crippen molar-refractivity contribution in [3.8, 4) is 12.3 Å². The monoisotopic (exact) mass is 309 g/mol. The molecule has 1 aliphatic heterocycles. The average Bonchev–Trinajstić information content (AvgIpc) is 3.21. The minimum absolute atomic E-state index is 0.0196. The molecule has 0 aromatic carbocycles. The number of nitrogens with one attached hydrogen (secondary N) is 1. The molecule has 0 atom stereocenters. The molecule has 0 radical (unpaired) electrons. The number of carbonyl (C=O) groups excluding carboxylic acids is 1. The SMILES string of the molecule is C#CCCC1(CCC(=O)NCCc2cn3ccccc3n2)N=N1. The molecular formula is C17H19N5O. The van der Waals surface area contributed by atoms with Crippen molar-refractivity contribution < 1.29 is 4.79 Å². The van der Waals surface area contributed by atoms with Crippen LogP contribution in [-0.4, -0.2) is 27.5 Å². The van der Waals surface area contributed by atoms with Crippen LogP contribution in [-0.2, 0) is 11.2 Å². The summed E-state index contributed by atoms with van der Waals surface area (Å²) in [6.07, 6.45) is 12.3. The van der Waals surface area contributed by atoms with Gasteiger partial charge in [-0.1, -0.05) is 6.07 Å². The second-order valence-electron chi connectivity index (χ2n) is 5.68. The standard InChI is InChI=1S/C17H19N5O/c1-2-3-9-17(20-21-17)10-7-16(23)18-11-8-14-13-22-12-5-4-6-15(22)19-14/h1,4-6,12-13H,3,7-11H2,(H,18,23). The van der Waals surface area contributed by atoms with Crippen molar-refractivity contribution in [3.63, 3.8) is 0 Å². The van der Waals surface area contributed by atoms with E-state index in [1.54, 1.807) is 0 Å². The lowest BCUT2D eigenvalue weighted by Gasteiger charge is -2.08. The largest absolute Gasteiger partial charge is 0.356 e. The van der Waals surface area contributed by atoms with Crippen LogP contribution in [0.2, 0.25) is 0 Å². The van der Waals surface area contributed by atoms with Gasteiger partial charge in [-0.2, -0.15) is 10.2 Å². The number of imidazole rings is 1. The second-order valence-corrected chi connectivity index (χ2v) is 5.68. The summed E-state index contributed by atoms with van der Waals surface area (Å²) in [6, 6.07) is 5.88. The third kappa shape index (κ3) is 3.95. The van der Waals surface area contributed by atoms with Crippen LogP contribution in [0.1, 0.15) is 31.4 Å². The Hall–Kier alpha value is -2.68. The van der Waals surface area contributed by atoms with Crippen LogP contribution in [0.3, 0.4) is 0 Å². The molecule has 6 heteroatoms. The van der Waals surface area contributed by atoms with Gasteiger partial charge in [0.25, 0.3) is 0 Å². The number of aromatic nitrogens is 2. The number of carbonyl (C=O) groups is 1. The van der Waals surface area contributed by atoms with Crippen molar-refractivity contribution in [3.05, 3.63) is 36.3 Å². The molecule has 0 fully saturated rings. The van der Waals surface area contributed by atoms with Crippen LogP contribution in [0.4, 0.5) is 0 Å². The number of terminal acetylenes is 1. The maximum Gasteiger partial charge on any atom is 0.220 e. The van der Waals surface area contributed by atoms with Crippen LogP contribution in [0.5, 0.6) is 0 Å². The van der Waals surface area contributed by atoms with Crippen LogP contribution in [0.15, 0.2) is 40.8 Å². The van der Waals surface area contributed by atoms with Crippen LogP contribution in [0, 0.1) is 12.3 Å². The fourth-order valence-corrected chi connectivity index (χ4v) is 2.51. The van der Waals surface area contributed by atoms with E-state index in [2.05, 4.69) is 26.4 Å². The van der Waals surface area contributed by atoms with Crippen molar-refractivity contribution >= 4 is 11.6 Å². The highest BCUT2D eigenvalue weighted by atomic mass is 16.1. The molecule has 23 heavy (non-hydrogen) atoms. The van der Waals surface area contributed by atoms with Gasteiger partial charge >= 0.3 is 0 Å². The molecule has 3 heterocycles. The molecule has 0 saturated heterocycles. The van der Waals surface area contributed by atoms with Crippen molar-refractivity contribution in [1.82, 2.24) is 14.7 Å². The fraction of sp³-hybridized carbons (Fsp3) is 0.412. The molecule has 3 rings (SSSR count). The van der Waals surface area contributed by atoms with E-state index in [0.717, 1.165) is 17.8 Å². The van der Waals surface area contributed by atoms with Gasteiger partial charge in [-0.3, -0.25) is 4.79 Å². The summed E-state index contributed by atoms with van der Waals surface area (Å²) in [5, 5.41) is 11.0. The molecule has 0 saturated carbocycles. The molecule has 2 aromatic heterocycles. The number of nitrogens with zero attached hydrogens (tertiary/aromatic N) is 4. The first-order valence-electron chi connectivity index (χ1n) is 7.78. The first-order valence-corrected chi connectivity index (χ1v) is 7.78. The Bertz CT molecular complexity index is 732. The Labute approximate surface area is 135 Å². The normalized spacial score (nSPS) is 14.6. The number of hydrogen-bond acceptors (Lipinski definition) is 4.